The smallest absolute Gasteiger partial charge is 0.340 e. The van der Waals surface area contributed by atoms with Crippen LogP contribution in [0.25, 0.3) is 0 Å². The summed E-state index contributed by atoms with van der Waals surface area (Å²) < 4.78 is 65.0. The summed E-state index contributed by atoms with van der Waals surface area (Å²) in [5.74, 6) is -2.69. The maximum Gasteiger partial charge on any atom is 0.416 e. The lowest BCUT2D eigenvalue weighted by Crippen LogP contribution is -2.16. The van der Waals surface area contributed by atoms with E-state index in [0.717, 1.165) is 36.7 Å². The molecule has 10 heteroatoms. The predicted octanol–water partition coefficient (Wildman–Crippen LogP) is 4.77. The molecule has 1 amide bonds. The topological polar surface area (TPSA) is 66.9 Å². The van der Waals surface area contributed by atoms with E-state index < -0.39 is 35.0 Å². The molecule has 0 unspecified atom stereocenters. The Morgan fingerprint density at radius 3 is 2.18 bits per heavy atom. The SMILES string of the molecule is O=C(Nc1c(F)cccc1F)c1cc(Nc2ccc(C(F)(F)F)cc2)ncn1. The number of aromatic nitrogens is 2. The Labute approximate surface area is 155 Å². The third kappa shape index (κ3) is 4.40. The molecule has 2 aromatic carbocycles. The lowest BCUT2D eigenvalue weighted by atomic mass is 10.2. The van der Waals surface area contributed by atoms with Gasteiger partial charge in [0, 0.05) is 11.8 Å². The third-order valence-corrected chi connectivity index (χ3v) is 3.59. The Bertz CT molecular complexity index is 985. The van der Waals surface area contributed by atoms with Crippen molar-refractivity contribution in [1.82, 2.24) is 9.97 Å². The van der Waals surface area contributed by atoms with Crippen molar-refractivity contribution < 1.29 is 26.7 Å². The van der Waals surface area contributed by atoms with Crippen molar-refractivity contribution in [2.45, 2.75) is 6.18 Å². The quantitative estimate of drug-likeness (QED) is 0.626. The van der Waals surface area contributed by atoms with Crippen molar-refractivity contribution >= 4 is 23.1 Å². The van der Waals surface area contributed by atoms with E-state index in [0.29, 0.717) is 5.69 Å². The number of nitrogens with zero attached hydrogens (tertiary/aromatic N) is 2. The lowest BCUT2D eigenvalue weighted by molar-refractivity contribution is -0.137. The molecule has 0 spiro atoms. The number of hydrogen-bond donors (Lipinski definition) is 2. The van der Waals surface area contributed by atoms with Gasteiger partial charge in [-0.15, -0.1) is 0 Å². The van der Waals surface area contributed by atoms with Crippen LogP contribution in [0.1, 0.15) is 16.1 Å². The van der Waals surface area contributed by atoms with Gasteiger partial charge in [0.2, 0.25) is 0 Å². The van der Waals surface area contributed by atoms with Crippen LogP contribution in [0.3, 0.4) is 0 Å². The third-order valence-electron chi connectivity index (χ3n) is 3.59. The van der Waals surface area contributed by atoms with Gasteiger partial charge in [-0.25, -0.2) is 18.7 Å². The highest BCUT2D eigenvalue weighted by Gasteiger charge is 2.29. The monoisotopic (exact) mass is 394 g/mol. The van der Waals surface area contributed by atoms with Gasteiger partial charge in [-0.3, -0.25) is 4.79 Å². The number of carbonyl (C=O) groups excluding carboxylic acids is 1. The molecule has 0 atom stereocenters. The summed E-state index contributed by atoms with van der Waals surface area (Å²) in [6.45, 7) is 0. The fourth-order valence-electron chi connectivity index (χ4n) is 2.24. The second-order valence-electron chi connectivity index (χ2n) is 5.54. The molecule has 1 heterocycles. The van der Waals surface area contributed by atoms with E-state index in [1.165, 1.54) is 18.2 Å². The van der Waals surface area contributed by atoms with Crippen LogP contribution in [-0.2, 0) is 6.18 Å². The second-order valence-corrected chi connectivity index (χ2v) is 5.54. The summed E-state index contributed by atoms with van der Waals surface area (Å²) in [5, 5.41) is 4.80. The van der Waals surface area contributed by atoms with Crippen LogP contribution >= 0.6 is 0 Å². The van der Waals surface area contributed by atoms with Gasteiger partial charge in [-0.1, -0.05) is 6.07 Å². The van der Waals surface area contributed by atoms with Crippen LogP contribution in [0, 0.1) is 11.6 Å². The number of nitrogens with one attached hydrogen (secondary N) is 2. The van der Waals surface area contributed by atoms with E-state index in [-0.39, 0.29) is 11.5 Å². The maximum atomic E-state index is 13.6. The first-order chi connectivity index (χ1) is 13.2. The Balaban J connectivity index is 1.76. The Morgan fingerprint density at radius 1 is 0.929 bits per heavy atom. The number of anilines is 3. The number of carbonyl (C=O) groups is 1. The largest absolute Gasteiger partial charge is 0.416 e. The fraction of sp³-hybridized carbons (Fsp3) is 0.0556. The minimum Gasteiger partial charge on any atom is -0.340 e. The van der Waals surface area contributed by atoms with Crippen molar-refractivity contribution in [1.29, 1.82) is 0 Å². The molecule has 3 aromatic rings. The summed E-state index contributed by atoms with van der Waals surface area (Å²) in [7, 11) is 0. The summed E-state index contributed by atoms with van der Waals surface area (Å²) in [6, 6.07) is 8.46. The van der Waals surface area contributed by atoms with E-state index in [4.69, 9.17) is 0 Å². The molecule has 28 heavy (non-hydrogen) atoms. The van der Waals surface area contributed by atoms with Crippen molar-refractivity contribution in [3.8, 4) is 0 Å². The molecule has 0 aliphatic heterocycles. The summed E-state index contributed by atoms with van der Waals surface area (Å²) in [6.07, 6.45) is -3.43. The van der Waals surface area contributed by atoms with Gasteiger partial charge >= 0.3 is 6.18 Å². The fourth-order valence-corrected chi connectivity index (χ4v) is 2.24. The number of benzene rings is 2. The molecule has 5 nitrogen and oxygen atoms in total. The van der Waals surface area contributed by atoms with E-state index in [2.05, 4.69) is 20.6 Å². The Hall–Kier alpha value is -3.56. The first-order valence-corrected chi connectivity index (χ1v) is 7.76. The molecular weight excluding hydrogens is 383 g/mol. The summed E-state index contributed by atoms with van der Waals surface area (Å²) >= 11 is 0. The van der Waals surface area contributed by atoms with Crippen molar-refractivity contribution in [2.75, 3.05) is 10.6 Å². The van der Waals surface area contributed by atoms with Crippen molar-refractivity contribution in [2.24, 2.45) is 0 Å². The van der Waals surface area contributed by atoms with Crippen molar-refractivity contribution in [3.05, 3.63) is 77.8 Å². The molecule has 0 radical (unpaired) electrons. The number of para-hydroxylation sites is 1. The van der Waals surface area contributed by atoms with Gasteiger partial charge in [0.1, 0.15) is 35.2 Å². The number of halogens is 5. The van der Waals surface area contributed by atoms with Gasteiger partial charge in [0.25, 0.3) is 5.91 Å². The molecule has 0 aliphatic rings. The maximum absolute atomic E-state index is 13.6. The molecule has 0 fully saturated rings. The van der Waals surface area contributed by atoms with Crippen LogP contribution in [-0.4, -0.2) is 15.9 Å². The van der Waals surface area contributed by atoms with Crippen LogP contribution < -0.4 is 10.6 Å². The van der Waals surface area contributed by atoms with Crippen LogP contribution in [0.2, 0.25) is 0 Å². The normalized spacial score (nSPS) is 11.2. The molecule has 0 aliphatic carbocycles. The van der Waals surface area contributed by atoms with Crippen LogP contribution in [0.15, 0.2) is 54.9 Å². The van der Waals surface area contributed by atoms with Crippen LogP contribution in [0.4, 0.5) is 39.1 Å². The molecule has 2 N–H and O–H groups in total. The highest BCUT2D eigenvalue weighted by atomic mass is 19.4. The van der Waals surface area contributed by atoms with E-state index in [1.807, 2.05) is 0 Å². The highest BCUT2D eigenvalue weighted by molar-refractivity contribution is 6.03. The minimum absolute atomic E-state index is 0.105. The molecular formula is C18H11F5N4O. The van der Waals surface area contributed by atoms with Gasteiger partial charge in [0.05, 0.1) is 5.56 Å². The number of alkyl halides is 3. The lowest BCUT2D eigenvalue weighted by Gasteiger charge is -2.10. The average Bonchev–Trinajstić information content (AvgIpc) is 2.64. The first-order valence-electron chi connectivity index (χ1n) is 7.76. The molecule has 0 bridgehead atoms. The summed E-state index contributed by atoms with van der Waals surface area (Å²) in [5.41, 5.74) is -1.35. The zero-order chi connectivity index (χ0) is 20.3. The van der Waals surface area contributed by atoms with Gasteiger partial charge in [-0.2, -0.15) is 13.2 Å². The van der Waals surface area contributed by atoms with Crippen LogP contribution in [0.5, 0.6) is 0 Å². The number of hydrogen-bond acceptors (Lipinski definition) is 4. The van der Waals surface area contributed by atoms with Crippen molar-refractivity contribution in [3.63, 3.8) is 0 Å². The summed E-state index contributed by atoms with van der Waals surface area (Å²) in [4.78, 5) is 19.8. The minimum atomic E-state index is -4.46. The van der Waals surface area contributed by atoms with E-state index in [1.54, 1.807) is 0 Å². The van der Waals surface area contributed by atoms with E-state index >= 15 is 0 Å². The highest BCUT2D eigenvalue weighted by Crippen LogP contribution is 2.30. The van der Waals surface area contributed by atoms with Gasteiger partial charge < -0.3 is 10.6 Å². The number of amides is 1. The zero-order valence-electron chi connectivity index (χ0n) is 13.9. The standard InChI is InChI=1S/C18H11F5N4O/c19-12-2-1-3-13(20)16(12)27-17(28)14-8-15(25-9-24-14)26-11-6-4-10(5-7-11)18(21,22)23/h1-9H,(H,27,28)(H,24,25,26). The molecule has 0 saturated heterocycles. The Morgan fingerprint density at radius 2 is 1.57 bits per heavy atom. The molecule has 0 saturated carbocycles. The zero-order valence-corrected chi connectivity index (χ0v) is 13.9. The number of rotatable bonds is 4. The Kier molecular flexibility index (Phi) is 5.21. The molecule has 1 aromatic heterocycles. The van der Waals surface area contributed by atoms with E-state index in [9.17, 15) is 26.7 Å². The predicted molar refractivity (Wildman–Crippen MR) is 91.1 cm³/mol. The first kappa shape index (κ1) is 19.2. The van der Waals surface area contributed by atoms with Gasteiger partial charge in [-0.05, 0) is 36.4 Å². The second kappa shape index (κ2) is 7.59. The molecule has 144 valence electrons. The molecule has 3 rings (SSSR count). The van der Waals surface area contributed by atoms with Gasteiger partial charge in [0.15, 0.2) is 0 Å². The average molecular weight is 394 g/mol.